The predicted molar refractivity (Wildman–Crippen MR) is 51.9 cm³/mol. The number of rotatable bonds is 5. The second kappa shape index (κ2) is 5.78. The predicted octanol–water partition coefficient (Wildman–Crippen LogP) is 0.321. The van der Waals surface area contributed by atoms with Gasteiger partial charge in [-0.15, -0.1) is 0 Å². The highest BCUT2D eigenvalue weighted by atomic mass is 16.3. The van der Waals surface area contributed by atoms with Gasteiger partial charge in [-0.3, -0.25) is 0 Å². The van der Waals surface area contributed by atoms with Crippen molar-refractivity contribution in [1.82, 2.24) is 4.90 Å². The van der Waals surface area contributed by atoms with Crippen LogP contribution in [0.2, 0.25) is 0 Å². The molecule has 0 fully saturated rings. The topological polar surface area (TPSA) is 43.7 Å². The van der Waals surface area contributed by atoms with Crippen LogP contribution >= 0.6 is 0 Å². The Hall–Kier alpha value is -0.800. The summed E-state index contributed by atoms with van der Waals surface area (Å²) in [6.07, 6.45) is 9.08. The van der Waals surface area contributed by atoms with E-state index in [0.717, 1.165) is 12.1 Å². The van der Waals surface area contributed by atoms with Gasteiger partial charge in [0, 0.05) is 18.8 Å². The van der Waals surface area contributed by atoms with Crippen molar-refractivity contribution >= 4 is 0 Å². The van der Waals surface area contributed by atoms with Crippen LogP contribution in [0, 0.1) is 6.42 Å². The smallest absolute Gasteiger partial charge is 0.0606 e. The summed E-state index contributed by atoms with van der Waals surface area (Å²) in [6.45, 7) is 1.40. The molecule has 0 bridgehead atoms. The maximum atomic E-state index is 8.81. The van der Waals surface area contributed by atoms with Crippen molar-refractivity contribution in [2.75, 3.05) is 26.3 Å². The van der Waals surface area contributed by atoms with Gasteiger partial charge >= 0.3 is 0 Å². The molecule has 0 saturated heterocycles. The lowest BCUT2D eigenvalue weighted by Gasteiger charge is -2.25. The maximum absolute atomic E-state index is 8.81. The second-order valence-corrected chi connectivity index (χ2v) is 2.89. The number of allylic oxidation sites excluding steroid dienone is 3. The summed E-state index contributed by atoms with van der Waals surface area (Å²) < 4.78 is 0. The van der Waals surface area contributed by atoms with Gasteiger partial charge in [0.15, 0.2) is 0 Å². The number of hydrogen-bond donors (Lipinski definition) is 2. The van der Waals surface area contributed by atoms with E-state index in [0.29, 0.717) is 13.1 Å². The summed E-state index contributed by atoms with van der Waals surface area (Å²) >= 11 is 0. The second-order valence-electron chi connectivity index (χ2n) is 2.89. The van der Waals surface area contributed by atoms with E-state index in [2.05, 4.69) is 12.5 Å². The minimum absolute atomic E-state index is 0.120. The molecule has 3 nitrogen and oxygen atoms in total. The van der Waals surface area contributed by atoms with Crippen molar-refractivity contribution in [3.63, 3.8) is 0 Å². The van der Waals surface area contributed by atoms with E-state index in [1.165, 1.54) is 0 Å². The fraction of sp³-hybridized carbons (Fsp3) is 0.500. The molecule has 0 saturated carbocycles. The number of aliphatic hydroxyl groups is 2. The van der Waals surface area contributed by atoms with E-state index >= 15 is 0 Å². The lowest BCUT2D eigenvalue weighted by molar-refractivity contribution is 0.191. The van der Waals surface area contributed by atoms with Crippen LogP contribution in [0.4, 0.5) is 0 Å². The first-order chi connectivity index (χ1) is 6.38. The molecule has 1 aliphatic carbocycles. The molecule has 3 heteroatoms. The average molecular weight is 182 g/mol. The summed E-state index contributed by atoms with van der Waals surface area (Å²) in [4.78, 5) is 1.98. The minimum atomic E-state index is 0.120. The van der Waals surface area contributed by atoms with E-state index in [-0.39, 0.29) is 13.2 Å². The Morgan fingerprint density at radius 1 is 1.23 bits per heavy atom. The molecule has 2 N–H and O–H groups in total. The lowest BCUT2D eigenvalue weighted by Crippen LogP contribution is -2.29. The largest absolute Gasteiger partial charge is 0.395 e. The van der Waals surface area contributed by atoms with E-state index in [9.17, 15) is 0 Å². The third kappa shape index (κ3) is 3.20. The van der Waals surface area contributed by atoms with Gasteiger partial charge in [-0.1, -0.05) is 12.2 Å². The zero-order valence-electron chi connectivity index (χ0n) is 7.69. The molecule has 0 aliphatic heterocycles. The maximum Gasteiger partial charge on any atom is 0.0606 e. The molecule has 1 rings (SSSR count). The molecule has 0 amide bonds. The fourth-order valence-corrected chi connectivity index (χ4v) is 1.35. The standard InChI is InChI=1S/C10H16NO2/c12-8-6-11(7-9-13)10-4-2-1-3-5-10/h1-2,4-5,12-13H,3,6-9H2. The van der Waals surface area contributed by atoms with Gasteiger partial charge in [-0.2, -0.15) is 0 Å². The van der Waals surface area contributed by atoms with Crippen molar-refractivity contribution in [2.45, 2.75) is 6.42 Å². The average Bonchev–Trinajstić information content (AvgIpc) is 2.19. The molecule has 0 spiro atoms. The Morgan fingerprint density at radius 2 is 1.92 bits per heavy atom. The van der Waals surface area contributed by atoms with Crippen LogP contribution in [-0.4, -0.2) is 41.4 Å². The van der Waals surface area contributed by atoms with E-state index in [1.807, 2.05) is 17.1 Å². The monoisotopic (exact) mass is 182 g/mol. The summed E-state index contributed by atoms with van der Waals surface area (Å²) in [5, 5.41) is 17.6. The van der Waals surface area contributed by atoms with Gasteiger partial charge in [0.25, 0.3) is 0 Å². The molecule has 1 radical (unpaired) electrons. The van der Waals surface area contributed by atoms with Crippen LogP contribution in [0.25, 0.3) is 0 Å². The molecule has 0 aromatic carbocycles. The van der Waals surface area contributed by atoms with Crippen molar-refractivity contribution in [1.29, 1.82) is 0 Å². The van der Waals surface area contributed by atoms with Crippen LogP contribution in [0.1, 0.15) is 6.42 Å². The summed E-state index contributed by atoms with van der Waals surface area (Å²) in [7, 11) is 0. The van der Waals surface area contributed by atoms with Crippen LogP contribution in [0.5, 0.6) is 0 Å². The van der Waals surface area contributed by atoms with Gasteiger partial charge in [-0.25, -0.2) is 0 Å². The van der Waals surface area contributed by atoms with Crippen LogP contribution in [-0.2, 0) is 0 Å². The Labute approximate surface area is 79.0 Å². The van der Waals surface area contributed by atoms with Gasteiger partial charge in [0.05, 0.1) is 13.2 Å². The number of hydrogen-bond acceptors (Lipinski definition) is 3. The Kier molecular flexibility index (Phi) is 4.57. The van der Waals surface area contributed by atoms with Crippen LogP contribution in [0.3, 0.4) is 0 Å². The Bertz CT molecular complexity index is 193. The van der Waals surface area contributed by atoms with E-state index in [1.54, 1.807) is 0 Å². The molecule has 0 aromatic heterocycles. The van der Waals surface area contributed by atoms with Crippen molar-refractivity contribution in [3.05, 3.63) is 30.3 Å². The molecular weight excluding hydrogens is 166 g/mol. The summed E-state index contributed by atoms with van der Waals surface area (Å²) in [5.74, 6) is 0. The third-order valence-corrected chi connectivity index (χ3v) is 1.97. The van der Waals surface area contributed by atoms with Gasteiger partial charge < -0.3 is 15.1 Å². The molecule has 73 valence electrons. The van der Waals surface area contributed by atoms with Crippen molar-refractivity contribution < 1.29 is 10.2 Å². The molecule has 0 heterocycles. The van der Waals surface area contributed by atoms with Crippen molar-refractivity contribution in [3.8, 4) is 0 Å². The highest BCUT2D eigenvalue weighted by Crippen LogP contribution is 2.12. The fourth-order valence-electron chi connectivity index (χ4n) is 1.35. The zero-order valence-corrected chi connectivity index (χ0v) is 7.69. The number of aliphatic hydroxyl groups excluding tert-OH is 2. The van der Waals surface area contributed by atoms with E-state index in [4.69, 9.17) is 10.2 Å². The quantitative estimate of drug-likeness (QED) is 0.643. The minimum Gasteiger partial charge on any atom is -0.395 e. The van der Waals surface area contributed by atoms with Gasteiger partial charge in [-0.05, 0) is 18.9 Å². The zero-order chi connectivity index (χ0) is 9.52. The molecule has 0 atom stereocenters. The summed E-state index contributed by atoms with van der Waals surface area (Å²) in [6, 6.07) is 0. The third-order valence-electron chi connectivity index (χ3n) is 1.97. The van der Waals surface area contributed by atoms with Gasteiger partial charge in [0.2, 0.25) is 0 Å². The molecular formula is C10H16NO2. The van der Waals surface area contributed by atoms with Crippen LogP contribution < -0.4 is 0 Å². The molecule has 1 aliphatic rings. The van der Waals surface area contributed by atoms with Crippen LogP contribution in [0.15, 0.2) is 23.9 Å². The first-order valence-electron chi connectivity index (χ1n) is 4.55. The molecule has 0 unspecified atom stereocenters. The Morgan fingerprint density at radius 3 is 2.38 bits per heavy atom. The van der Waals surface area contributed by atoms with Gasteiger partial charge in [0.1, 0.15) is 0 Å². The van der Waals surface area contributed by atoms with E-state index < -0.39 is 0 Å². The molecule has 0 aromatic rings. The highest BCUT2D eigenvalue weighted by Gasteiger charge is 2.06. The Balaban J connectivity index is 2.51. The first kappa shape index (κ1) is 10.3. The lowest BCUT2D eigenvalue weighted by atomic mass is 10.1. The number of nitrogens with zero attached hydrogens (tertiary/aromatic N) is 1. The normalized spacial score (nSPS) is 15.7. The highest BCUT2D eigenvalue weighted by molar-refractivity contribution is 5.25. The SMILES string of the molecule is OCCN(CCO)C1=CC[CH]C=C1. The van der Waals surface area contributed by atoms with Crippen molar-refractivity contribution in [2.24, 2.45) is 0 Å². The summed E-state index contributed by atoms with van der Waals surface area (Å²) in [5.41, 5.74) is 1.09. The first-order valence-corrected chi connectivity index (χ1v) is 4.55. The molecule has 13 heavy (non-hydrogen) atoms.